The van der Waals surface area contributed by atoms with Crippen molar-refractivity contribution in [2.45, 2.75) is 25.5 Å². The maximum atomic E-state index is 11.6. The summed E-state index contributed by atoms with van der Waals surface area (Å²) in [7, 11) is 0. The Hall–Kier alpha value is -2.63. The second-order valence-corrected chi connectivity index (χ2v) is 8.79. The second-order valence-electron chi connectivity index (χ2n) is 7.94. The number of aliphatic carboxylic acids is 1. The van der Waals surface area contributed by atoms with Crippen LogP contribution in [0.1, 0.15) is 35.6 Å². The van der Waals surface area contributed by atoms with E-state index >= 15 is 0 Å². The number of halogens is 1. The summed E-state index contributed by atoms with van der Waals surface area (Å²) in [6.07, 6.45) is 1.62. The summed E-state index contributed by atoms with van der Waals surface area (Å²) in [6, 6.07) is 26.5. The first-order valence-electron chi connectivity index (χ1n) is 10.6. The number of nitrogens with zero attached hydrogens (tertiary/aromatic N) is 1. The van der Waals surface area contributed by atoms with E-state index in [0.29, 0.717) is 13.2 Å². The number of benzene rings is 3. The fourth-order valence-corrected chi connectivity index (χ4v) is 4.72. The van der Waals surface area contributed by atoms with Gasteiger partial charge in [0.15, 0.2) is 0 Å². The summed E-state index contributed by atoms with van der Waals surface area (Å²) in [5.74, 6) is -0.215. The molecule has 5 heteroatoms. The fraction of sp³-hybridized carbons (Fsp3) is 0.269. The predicted molar refractivity (Wildman–Crippen MR) is 125 cm³/mol. The molecule has 0 bridgehead atoms. The summed E-state index contributed by atoms with van der Waals surface area (Å²) >= 11 is 3.70. The maximum absolute atomic E-state index is 11.6. The van der Waals surface area contributed by atoms with Crippen LogP contribution in [0.25, 0.3) is 0 Å². The minimum Gasteiger partial charge on any atom is -0.489 e. The Bertz CT molecular complexity index is 1010. The van der Waals surface area contributed by atoms with Gasteiger partial charge in [0.1, 0.15) is 12.4 Å². The van der Waals surface area contributed by atoms with Crippen molar-refractivity contribution in [1.82, 2.24) is 4.90 Å². The Balaban J connectivity index is 1.58. The minimum atomic E-state index is -0.708. The molecule has 0 amide bonds. The summed E-state index contributed by atoms with van der Waals surface area (Å²) in [5.41, 5.74) is 3.40. The van der Waals surface area contributed by atoms with E-state index in [1.165, 1.54) is 0 Å². The van der Waals surface area contributed by atoms with Crippen LogP contribution in [-0.4, -0.2) is 29.1 Å². The van der Waals surface area contributed by atoms with Crippen LogP contribution in [0.5, 0.6) is 5.75 Å². The van der Waals surface area contributed by atoms with E-state index in [4.69, 9.17) is 4.74 Å². The molecule has 2 unspecified atom stereocenters. The van der Waals surface area contributed by atoms with Gasteiger partial charge in [0.2, 0.25) is 0 Å². The third-order valence-corrected chi connectivity index (χ3v) is 6.53. The molecule has 4 nitrogen and oxygen atoms in total. The molecule has 1 N–H and O–H groups in total. The number of piperidine rings is 1. The highest BCUT2D eigenvalue weighted by atomic mass is 79.9. The Morgan fingerprint density at radius 2 is 1.74 bits per heavy atom. The van der Waals surface area contributed by atoms with Crippen molar-refractivity contribution in [3.8, 4) is 5.75 Å². The molecule has 1 saturated heterocycles. The van der Waals surface area contributed by atoms with Gasteiger partial charge in [-0.2, -0.15) is 0 Å². The zero-order chi connectivity index (χ0) is 21.6. The highest BCUT2D eigenvalue weighted by molar-refractivity contribution is 9.10. The molecular formula is C26H26BrNO3. The average Bonchev–Trinajstić information content (AvgIpc) is 2.81. The number of ether oxygens (including phenoxy) is 1. The molecule has 1 fully saturated rings. The normalized spacial score (nSPS) is 17.8. The lowest BCUT2D eigenvalue weighted by molar-refractivity contribution is -0.143. The van der Waals surface area contributed by atoms with Gasteiger partial charge in [-0.1, -0.05) is 76.6 Å². The van der Waals surface area contributed by atoms with Crippen molar-refractivity contribution >= 4 is 21.9 Å². The van der Waals surface area contributed by atoms with E-state index in [1.807, 2.05) is 60.7 Å². The number of hydrogen-bond acceptors (Lipinski definition) is 3. The molecule has 160 valence electrons. The van der Waals surface area contributed by atoms with Gasteiger partial charge in [-0.3, -0.25) is 9.69 Å². The van der Waals surface area contributed by atoms with E-state index in [2.05, 4.69) is 39.0 Å². The Morgan fingerprint density at radius 3 is 2.45 bits per heavy atom. The molecule has 0 spiro atoms. The van der Waals surface area contributed by atoms with Gasteiger partial charge in [0.25, 0.3) is 0 Å². The first-order chi connectivity index (χ1) is 15.1. The number of carboxylic acids is 1. The van der Waals surface area contributed by atoms with Crippen molar-refractivity contribution in [2.24, 2.45) is 5.92 Å². The van der Waals surface area contributed by atoms with Crippen LogP contribution in [0.4, 0.5) is 0 Å². The number of carbonyl (C=O) groups is 1. The van der Waals surface area contributed by atoms with Crippen molar-refractivity contribution in [2.75, 3.05) is 13.1 Å². The lowest BCUT2D eigenvalue weighted by Crippen LogP contribution is -2.41. The first-order valence-corrected chi connectivity index (χ1v) is 11.4. The predicted octanol–water partition coefficient (Wildman–Crippen LogP) is 5.91. The van der Waals surface area contributed by atoms with Crippen LogP contribution in [0, 0.1) is 5.92 Å². The highest BCUT2D eigenvalue weighted by Crippen LogP contribution is 2.36. The van der Waals surface area contributed by atoms with Crippen LogP contribution in [-0.2, 0) is 11.4 Å². The molecule has 0 saturated carbocycles. The standard InChI is InChI=1S/C26H26BrNO3/c27-24-11-5-4-10-23(24)25(28-16-6-9-21(17-28)26(29)30)20-12-14-22(15-13-20)31-18-19-7-2-1-3-8-19/h1-5,7-8,10-15,21,25H,6,9,16-18H2,(H,29,30). The van der Waals surface area contributed by atoms with Gasteiger partial charge in [0.05, 0.1) is 12.0 Å². The third kappa shape index (κ3) is 5.35. The van der Waals surface area contributed by atoms with Crippen LogP contribution >= 0.6 is 15.9 Å². The number of rotatable bonds is 7. The summed E-state index contributed by atoms with van der Waals surface area (Å²) < 4.78 is 6.98. The molecule has 0 aromatic heterocycles. The average molecular weight is 480 g/mol. The van der Waals surface area contributed by atoms with Gasteiger partial charge in [-0.25, -0.2) is 0 Å². The molecule has 2 atom stereocenters. The van der Waals surface area contributed by atoms with E-state index in [0.717, 1.165) is 46.3 Å². The second kappa shape index (κ2) is 10.1. The van der Waals surface area contributed by atoms with Gasteiger partial charge in [-0.05, 0) is 54.3 Å². The zero-order valence-corrected chi connectivity index (χ0v) is 18.9. The molecule has 31 heavy (non-hydrogen) atoms. The molecule has 1 heterocycles. The molecule has 4 rings (SSSR count). The SMILES string of the molecule is O=C(O)C1CCCN(C(c2ccc(OCc3ccccc3)cc2)c2ccccc2Br)C1. The molecule has 0 aliphatic carbocycles. The van der Waals surface area contributed by atoms with Crippen molar-refractivity contribution in [3.05, 3.63) is 100 Å². The van der Waals surface area contributed by atoms with Crippen molar-refractivity contribution in [1.29, 1.82) is 0 Å². The van der Waals surface area contributed by atoms with Crippen LogP contribution in [0.2, 0.25) is 0 Å². The highest BCUT2D eigenvalue weighted by Gasteiger charge is 2.32. The summed E-state index contributed by atoms with van der Waals surface area (Å²) in [4.78, 5) is 13.9. The summed E-state index contributed by atoms with van der Waals surface area (Å²) in [6.45, 7) is 1.95. The van der Waals surface area contributed by atoms with Crippen LogP contribution in [0.15, 0.2) is 83.3 Å². The van der Waals surface area contributed by atoms with E-state index in [-0.39, 0.29) is 12.0 Å². The number of hydrogen-bond donors (Lipinski definition) is 1. The molecule has 1 aliphatic heterocycles. The maximum Gasteiger partial charge on any atom is 0.307 e. The largest absolute Gasteiger partial charge is 0.489 e. The Morgan fingerprint density at radius 1 is 1.03 bits per heavy atom. The lowest BCUT2D eigenvalue weighted by atomic mass is 9.91. The quantitative estimate of drug-likeness (QED) is 0.457. The Kier molecular flexibility index (Phi) is 7.05. The topological polar surface area (TPSA) is 49.8 Å². The van der Waals surface area contributed by atoms with Gasteiger partial charge >= 0.3 is 5.97 Å². The monoisotopic (exact) mass is 479 g/mol. The Labute approximate surface area is 191 Å². The third-order valence-electron chi connectivity index (χ3n) is 5.81. The van der Waals surface area contributed by atoms with Crippen LogP contribution < -0.4 is 4.74 Å². The molecule has 1 aliphatic rings. The van der Waals surface area contributed by atoms with Gasteiger partial charge in [-0.15, -0.1) is 0 Å². The molecule has 3 aromatic rings. The number of carboxylic acid groups (broad SMARTS) is 1. The fourth-order valence-electron chi connectivity index (χ4n) is 4.21. The molecule has 3 aromatic carbocycles. The lowest BCUT2D eigenvalue weighted by Gasteiger charge is -2.38. The van der Waals surface area contributed by atoms with Gasteiger partial charge in [0, 0.05) is 11.0 Å². The zero-order valence-electron chi connectivity index (χ0n) is 17.3. The van der Waals surface area contributed by atoms with E-state index < -0.39 is 5.97 Å². The van der Waals surface area contributed by atoms with E-state index in [9.17, 15) is 9.90 Å². The minimum absolute atomic E-state index is 0.0131. The van der Waals surface area contributed by atoms with Crippen LogP contribution in [0.3, 0.4) is 0 Å². The molecule has 0 radical (unpaired) electrons. The van der Waals surface area contributed by atoms with E-state index in [1.54, 1.807) is 0 Å². The smallest absolute Gasteiger partial charge is 0.307 e. The summed E-state index contributed by atoms with van der Waals surface area (Å²) in [5, 5.41) is 9.57. The number of likely N-dealkylation sites (tertiary alicyclic amines) is 1. The molecular weight excluding hydrogens is 454 g/mol. The van der Waals surface area contributed by atoms with Crippen molar-refractivity contribution in [3.63, 3.8) is 0 Å². The van der Waals surface area contributed by atoms with Gasteiger partial charge < -0.3 is 9.84 Å². The van der Waals surface area contributed by atoms with Crippen molar-refractivity contribution < 1.29 is 14.6 Å². The first kappa shape index (κ1) is 21.6.